The van der Waals surface area contributed by atoms with Crippen molar-refractivity contribution in [2.45, 2.75) is 32.7 Å². The van der Waals surface area contributed by atoms with Crippen LogP contribution in [0.1, 0.15) is 26.7 Å². The first-order chi connectivity index (χ1) is 6.66. The smallest absolute Gasteiger partial charge is 0.0117 e. The molecule has 0 aromatic rings. The predicted octanol–water partition coefficient (Wildman–Crippen LogP) is 1.57. The molecule has 0 bridgehead atoms. The fourth-order valence-corrected chi connectivity index (χ4v) is 2.64. The van der Waals surface area contributed by atoms with E-state index in [0.717, 1.165) is 23.8 Å². The van der Waals surface area contributed by atoms with Crippen molar-refractivity contribution < 1.29 is 0 Å². The van der Waals surface area contributed by atoms with Gasteiger partial charge in [-0.1, -0.05) is 13.8 Å². The molecule has 2 fully saturated rings. The Balaban J connectivity index is 1.69. The first-order valence-electron chi connectivity index (χ1n) is 6.08. The van der Waals surface area contributed by atoms with E-state index in [9.17, 15) is 0 Å². The molecule has 2 aliphatic rings. The van der Waals surface area contributed by atoms with Crippen molar-refractivity contribution >= 4 is 0 Å². The summed E-state index contributed by atoms with van der Waals surface area (Å²) in [5, 5.41) is 3.76. The van der Waals surface area contributed by atoms with E-state index in [1.54, 1.807) is 0 Å². The van der Waals surface area contributed by atoms with E-state index in [1.165, 1.54) is 32.5 Å². The first-order valence-corrected chi connectivity index (χ1v) is 6.08. The standard InChI is InChI=1S/C12H24N2/c1-9-6-11(9)7-13-12-4-5-14(3)8-10(12)2/h9-13H,4-8H2,1-3H3. The molecule has 0 aromatic carbocycles. The predicted molar refractivity (Wildman–Crippen MR) is 60.3 cm³/mol. The van der Waals surface area contributed by atoms with Crippen LogP contribution < -0.4 is 5.32 Å². The topological polar surface area (TPSA) is 15.3 Å². The molecule has 2 rings (SSSR count). The fourth-order valence-electron chi connectivity index (χ4n) is 2.64. The van der Waals surface area contributed by atoms with Gasteiger partial charge in [0.1, 0.15) is 0 Å². The summed E-state index contributed by atoms with van der Waals surface area (Å²) in [4.78, 5) is 2.45. The molecule has 4 unspecified atom stereocenters. The van der Waals surface area contributed by atoms with E-state index in [1.807, 2.05) is 0 Å². The molecule has 1 heterocycles. The molecule has 1 saturated heterocycles. The Hall–Kier alpha value is -0.0800. The third-order valence-electron chi connectivity index (χ3n) is 4.03. The molecule has 0 spiro atoms. The molecule has 1 aliphatic heterocycles. The minimum atomic E-state index is 0.777. The highest BCUT2D eigenvalue weighted by Crippen LogP contribution is 2.37. The molecule has 2 heteroatoms. The average molecular weight is 196 g/mol. The van der Waals surface area contributed by atoms with Gasteiger partial charge in [-0.2, -0.15) is 0 Å². The van der Waals surface area contributed by atoms with Gasteiger partial charge >= 0.3 is 0 Å². The number of piperidine rings is 1. The first kappa shape index (κ1) is 10.4. The van der Waals surface area contributed by atoms with Crippen molar-refractivity contribution in [3.8, 4) is 0 Å². The van der Waals surface area contributed by atoms with Crippen LogP contribution in [0.4, 0.5) is 0 Å². The van der Waals surface area contributed by atoms with E-state index in [0.29, 0.717) is 0 Å². The van der Waals surface area contributed by atoms with E-state index in [4.69, 9.17) is 0 Å². The molecule has 0 radical (unpaired) electrons. The molecule has 0 amide bonds. The number of nitrogens with one attached hydrogen (secondary N) is 1. The van der Waals surface area contributed by atoms with E-state index >= 15 is 0 Å². The van der Waals surface area contributed by atoms with Gasteiger partial charge in [0.25, 0.3) is 0 Å². The Morgan fingerprint density at radius 1 is 1.29 bits per heavy atom. The number of rotatable bonds is 3. The minimum Gasteiger partial charge on any atom is -0.313 e. The van der Waals surface area contributed by atoms with Gasteiger partial charge in [-0.25, -0.2) is 0 Å². The van der Waals surface area contributed by atoms with Crippen molar-refractivity contribution in [1.82, 2.24) is 10.2 Å². The molecule has 4 atom stereocenters. The maximum absolute atomic E-state index is 3.76. The zero-order valence-corrected chi connectivity index (χ0v) is 9.79. The monoisotopic (exact) mass is 196 g/mol. The minimum absolute atomic E-state index is 0.777. The molecular formula is C12H24N2. The van der Waals surface area contributed by atoms with Crippen LogP contribution in [0.5, 0.6) is 0 Å². The van der Waals surface area contributed by atoms with Gasteiger partial charge in [0.2, 0.25) is 0 Å². The normalized spacial score (nSPS) is 43.9. The average Bonchev–Trinajstić information content (AvgIpc) is 2.80. The number of hydrogen-bond acceptors (Lipinski definition) is 2. The summed E-state index contributed by atoms with van der Waals surface area (Å²) in [6, 6.07) is 0.777. The lowest BCUT2D eigenvalue weighted by Crippen LogP contribution is -2.47. The largest absolute Gasteiger partial charge is 0.313 e. The SMILES string of the molecule is CC1CC1CNC1CCN(C)CC1C. The molecule has 2 nitrogen and oxygen atoms in total. The zero-order valence-electron chi connectivity index (χ0n) is 9.79. The maximum atomic E-state index is 3.76. The van der Waals surface area contributed by atoms with Crippen LogP contribution in [0.2, 0.25) is 0 Å². The van der Waals surface area contributed by atoms with Crippen molar-refractivity contribution in [2.24, 2.45) is 17.8 Å². The maximum Gasteiger partial charge on any atom is 0.0117 e. The second kappa shape index (κ2) is 4.19. The Bertz CT molecular complexity index is 193. The van der Waals surface area contributed by atoms with Gasteiger partial charge in [0.05, 0.1) is 0 Å². The zero-order chi connectivity index (χ0) is 10.1. The second-order valence-electron chi connectivity index (χ2n) is 5.52. The van der Waals surface area contributed by atoms with E-state index in [-0.39, 0.29) is 0 Å². The van der Waals surface area contributed by atoms with Crippen LogP contribution >= 0.6 is 0 Å². The van der Waals surface area contributed by atoms with E-state index < -0.39 is 0 Å². The summed E-state index contributed by atoms with van der Waals surface area (Å²) in [6.07, 6.45) is 2.78. The van der Waals surface area contributed by atoms with Crippen LogP contribution in [0.25, 0.3) is 0 Å². The molecular weight excluding hydrogens is 172 g/mol. The van der Waals surface area contributed by atoms with Crippen molar-refractivity contribution in [3.63, 3.8) is 0 Å². The summed E-state index contributed by atoms with van der Waals surface area (Å²) >= 11 is 0. The fraction of sp³-hybridized carbons (Fsp3) is 1.00. The third kappa shape index (κ3) is 2.48. The molecule has 82 valence electrons. The van der Waals surface area contributed by atoms with Gasteiger partial charge in [-0.05, 0) is 50.7 Å². The highest BCUT2D eigenvalue weighted by atomic mass is 15.1. The number of nitrogens with zero attached hydrogens (tertiary/aromatic N) is 1. The van der Waals surface area contributed by atoms with E-state index in [2.05, 4.69) is 31.1 Å². The lowest BCUT2D eigenvalue weighted by molar-refractivity contribution is 0.174. The lowest BCUT2D eigenvalue weighted by atomic mass is 9.94. The van der Waals surface area contributed by atoms with Gasteiger partial charge < -0.3 is 10.2 Å². The molecule has 1 aliphatic carbocycles. The Labute approximate surface area is 88.1 Å². The highest BCUT2D eigenvalue weighted by Gasteiger charge is 2.33. The van der Waals surface area contributed by atoms with Gasteiger partial charge in [0, 0.05) is 12.6 Å². The quantitative estimate of drug-likeness (QED) is 0.737. The van der Waals surface area contributed by atoms with Gasteiger partial charge in [-0.3, -0.25) is 0 Å². The Kier molecular flexibility index (Phi) is 3.13. The van der Waals surface area contributed by atoms with Crippen molar-refractivity contribution in [2.75, 3.05) is 26.7 Å². The molecule has 1 N–H and O–H groups in total. The summed E-state index contributed by atoms with van der Waals surface area (Å²) in [5.74, 6) is 2.80. The van der Waals surface area contributed by atoms with Crippen LogP contribution in [-0.2, 0) is 0 Å². The van der Waals surface area contributed by atoms with Crippen LogP contribution in [0.15, 0.2) is 0 Å². The lowest BCUT2D eigenvalue weighted by Gasteiger charge is -2.35. The van der Waals surface area contributed by atoms with Crippen LogP contribution in [0, 0.1) is 17.8 Å². The summed E-state index contributed by atoms with van der Waals surface area (Å²) in [6.45, 7) is 8.54. The molecule has 14 heavy (non-hydrogen) atoms. The van der Waals surface area contributed by atoms with Gasteiger partial charge in [-0.15, -0.1) is 0 Å². The number of hydrogen-bond donors (Lipinski definition) is 1. The Morgan fingerprint density at radius 3 is 2.57 bits per heavy atom. The van der Waals surface area contributed by atoms with Crippen molar-refractivity contribution in [1.29, 1.82) is 0 Å². The van der Waals surface area contributed by atoms with Gasteiger partial charge in [0.15, 0.2) is 0 Å². The number of likely N-dealkylation sites (tertiary alicyclic amines) is 1. The summed E-state index contributed by atoms with van der Waals surface area (Å²) in [7, 11) is 2.23. The summed E-state index contributed by atoms with van der Waals surface area (Å²) < 4.78 is 0. The molecule has 0 aromatic heterocycles. The molecule has 1 saturated carbocycles. The third-order valence-corrected chi connectivity index (χ3v) is 4.03. The van der Waals surface area contributed by atoms with Crippen LogP contribution in [-0.4, -0.2) is 37.6 Å². The van der Waals surface area contributed by atoms with Crippen molar-refractivity contribution in [3.05, 3.63) is 0 Å². The highest BCUT2D eigenvalue weighted by molar-refractivity contribution is 4.88. The Morgan fingerprint density at radius 2 is 2.00 bits per heavy atom. The summed E-state index contributed by atoms with van der Waals surface area (Å²) in [5.41, 5.74) is 0. The second-order valence-corrected chi connectivity index (χ2v) is 5.52. The van der Waals surface area contributed by atoms with Crippen LogP contribution in [0.3, 0.4) is 0 Å².